The van der Waals surface area contributed by atoms with Gasteiger partial charge < -0.3 is 21.7 Å². The monoisotopic (exact) mass is 276 g/mol. The SMILES string of the molecule is NC(=O)Nc1cccc(NC(=O)C2CCCCCN2)c1. The van der Waals surface area contributed by atoms with Crippen LogP contribution in [0.2, 0.25) is 0 Å². The first-order chi connectivity index (χ1) is 9.65. The van der Waals surface area contributed by atoms with Crippen LogP contribution in [0.25, 0.3) is 0 Å². The van der Waals surface area contributed by atoms with Gasteiger partial charge in [0, 0.05) is 11.4 Å². The number of hydrogen-bond donors (Lipinski definition) is 4. The van der Waals surface area contributed by atoms with Crippen LogP contribution in [0.4, 0.5) is 16.2 Å². The Hall–Kier alpha value is -2.08. The smallest absolute Gasteiger partial charge is 0.316 e. The van der Waals surface area contributed by atoms with Crippen molar-refractivity contribution in [1.82, 2.24) is 5.32 Å². The molecule has 2 rings (SSSR count). The van der Waals surface area contributed by atoms with Gasteiger partial charge in [-0.3, -0.25) is 4.79 Å². The summed E-state index contributed by atoms with van der Waals surface area (Å²) in [6.07, 6.45) is 4.19. The van der Waals surface area contributed by atoms with E-state index in [2.05, 4.69) is 16.0 Å². The first-order valence-corrected chi connectivity index (χ1v) is 6.86. The highest BCUT2D eigenvalue weighted by molar-refractivity contribution is 5.96. The lowest BCUT2D eigenvalue weighted by Crippen LogP contribution is -2.39. The van der Waals surface area contributed by atoms with Gasteiger partial charge in [0.15, 0.2) is 0 Å². The third-order valence-corrected chi connectivity index (χ3v) is 3.27. The Bertz CT molecular complexity index is 482. The summed E-state index contributed by atoms with van der Waals surface area (Å²) < 4.78 is 0. The number of nitrogens with one attached hydrogen (secondary N) is 3. The molecule has 0 aliphatic carbocycles. The molecule has 1 aliphatic rings. The second kappa shape index (κ2) is 6.91. The van der Waals surface area contributed by atoms with Gasteiger partial charge in [0.05, 0.1) is 6.04 Å². The van der Waals surface area contributed by atoms with Crippen LogP contribution >= 0.6 is 0 Å². The first kappa shape index (κ1) is 14.3. The number of nitrogens with two attached hydrogens (primary N) is 1. The average Bonchev–Trinajstić information content (AvgIpc) is 2.67. The molecule has 0 aromatic heterocycles. The molecule has 0 spiro atoms. The molecule has 1 aliphatic heterocycles. The lowest BCUT2D eigenvalue weighted by Gasteiger charge is -2.16. The summed E-state index contributed by atoms with van der Waals surface area (Å²) in [6, 6.07) is 6.15. The van der Waals surface area contributed by atoms with E-state index in [4.69, 9.17) is 5.73 Å². The van der Waals surface area contributed by atoms with E-state index in [0.29, 0.717) is 11.4 Å². The number of primary amides is 1. The Labute approximate surface area is 118 Å². The molecule has 0 saturated carbocycles. The van der Waals surface area contributed by atoms with Gasteiger partial charge in [-0.1, -0.05) is 18.9 Å². The van der Waals surface area contributed by atoms with E-state index >= 15 is 0 Å². The van der Waals surface area contributed by atoms with Crippen molar-refractivity contribution >= 4 is 23.3 Å². The van der Waals surface area contributed by atoms with Gasteiger partial charge in [-0.05, 0) is 37.6 Å². The van der Waals surface area contributed by atoms with E-state index in [1.54, 1.807) is 24.3 Å². The third-order valence-electron chi connectivity index (χ3n) is 3.27. The van der Waals surface area contributed by atoms with E-state index in [9.17, 15) is 9.59 Å². The van der Waals surface area contributed by atoms with Gasteiger partial charge in [0.1, 0.15) is 0 Å². The van der Waals surface area contributed by atoms with Crippen molar-refractivity contribution in [2.45, 2.75) is 31.7 Å². The lowest BCUT2D eigenvalue weighted by atomic mass is 10.1. The van der Waals surface area contributed by atoms with Crippen molar-refractivity contribution in [3.63, 3.8) is 0 Å². The fraction of sp³-hybridized carbons (Fsp3) is 0.429. The molecule has 6 nitrogen and oxygen atoms in total. The van der Waals surface area contributed by atoms with Crippen LogP contribution in [-0.2, 0) is 4.79 Å². The Morgan fingerprint density at radius 2 is 1.90 bits per heavy atom. The highest BCUT2D eigenvalue weighted by Crippen LogP contribution is 2.16. The molecule has 108 valence electrons. The number of carbonyl (C=O) groups excluding carboxylic acids is 2. The Morgan fingerprint density at radius 3 is 2.65 bits per heavy atom. The zero-order valence-corrected chi connectivity index (χ0v) is 11.3. The van der Waals surface area contributed by atoms with Crippen LogP contribution in [0.1, 0.15) is 25.7 Å². The maximum absolute atomic E-state index is 12.2. The first-order valence-electron chi connectivity index (χ1n) is 6.86. The fourth-order valence-electron chi connectivity index (χ4n) is 2.30. The maximum atomic E-state index is 12.2. The topological polar surface area (TPSA) is 96.2 Å². The molecule has 1 fully saturated rings. The highest BCUT2D eigenvalue weighted by Gasteiger charge is 2.19. The minimum absolute atomic E-state index is 0.0388. The van der Waals surface area contributed by atoms with Crippen molar-refractivity contribution in [3.05, 3.63) is 24.3 Å². The van der Waals surface area contributed by atoms with E-state index in [1.807, 2.05) is 0 Å². The largest absolute Gasteiger partial charge is 0.351 e. The molecule has 1 aromatic carbocycles. The number of benzene rings is 1. The quantitative estimate of drug-likeness (QED) is 0.676. The molecule has 0 bridgehead atoms. The molecule has 1 saturated heterocycles. The molecule has 5 N–H and O–H groups in total. The average molecular weight is 276 g/mol. The summed E-state index contributed by atoms with van der Waals surface area (Å²) in [7, 11) is 0. The number of rotatable bonds is 3. The standard InChI is InChI=1S/C14H20N4O2/c15-14(20)18-11-6-4-5-10(9-11)17-13(19)12-7-2-1-3-8-16-12/h4-6,9,12,16H,1-3,7-8H2,(H,17,19)(H3,15,18,20). The predicted molar refractivity (Wildman–Crippen MR) is 78.5 cm³/mol. The minimum atomic E-state index is -0.626. The molecule has 1 aromatic rings. The van der Waals surface area contributed by atoms with Gasteiger partial charge in [-0.2, -0.15) is 0 Å². The van der Waals surface area contributed by atoms with Gasteiger partial charge in [-0.15, -0.1) is 0 Å². The molecule has 20 heavy (non-hydrogen) atoms. The van der Waals surface area contributed by atoms with E-state index in [0.717, 1.165) is 32.2 Å². The normalized spacial score (nSPS) is 18.9. The zero-order valence-electron chi connectivity index (χ0n) is 11.3. The second-order valence-electron chi connectivity index (χ2n) is 4.92. The summed E-state index contributed by atoms with van der Waals surface area (Å²) in [5.74, 6) is -0.0388. The lowest BCUT2D eigenvalue weighted by molar-refractivity contribution is -0.118. The fourth-order valence-corrected chi connectivity index (χ4v) is 2.30. The molecular weight excluding hydrogens is 256 g/mol. The minimum Gasteiger partial charge on any atom is -0.351 e. The molecule has 1 heterocycles. The number of anilines is 2. The molecule has 1 unspecified atom stereocenters. The van der Waals surface area contributed by atoms with Crippen molar-refractivity contribution in [2.75, 3.05) is 17.2 Å². The van der Waals surface area contributed by atoms with Crippen LogP contribution < -0.4 is 21.7 Å². The summed E-state index contributed by atoms with van der Waals surface area (Å²) >= 11 is 0. The van der Waals surface area contributed by atoms with Gasteiger partial charge in [-0.25, -0.2) is 4.79 Å². The van der Waals surface area contributed by atoms with E-state index < -0.39 is 6.03 Å². The third kappa shape index (κ3) is 4.24. The number of hydrogen-bond acceptors (Lipinski definition) is 3. The van der Waals surface area contributed by atoms with Crippen LogP contribution in [0.5, 0.6) is 0 Å². The van der Waals surface area contributed by atoms with Gasteiger partial charge in [0.2, 0.25) is 5.91 Å². The molecule has 1 atom stereocenters. The van der Waals surface area contributed by atoms with E-state index in [1.165, 1.54) is 0 Å². The van der Waals surface area contributed by atoms with Crippen molar-refractivity contribution in [1.29, 1.82) is 0 Å². The Kier molecular flexibility index (Phi) is 4.95. The van der Waals surface area contributed by atoms with Crippen molar-refractivity contribution in [2.24, 2.45) is 5.73 Å². The molecule has 6 heteroatoms. The van der Waals surface area contributed by atoms with Crippen molar-refractivity contribution in [3.8, 4) is 0 Å². The van der Waals surface area contributed by atoms with Crippen molar-refractivity contribution < 1.29 is 9.59 Å². The molecule has 0 radical (unpaired) electrons. The van der Waals surface area contributed by atoms with Crippen LogP contribution in [-0.4, -0.2) is 24.5 Å². The Balaban J connectivity index is 1.97. The second-order valence-corrected chi connectivity index (χ2v) is 4.92. The molecule has 3 amide bonds. The van der Waals surface area contributed by atoms with E-state index in [-0.39, 0.29) is 11.9 Å². The number of carbonyl (C=O) groups is 2. The van der Waals surface area contributed by atoms with Gasteiger partial charge >= 0.3 is 6.03 Å². The zero-order chi connectivity index (χ0) is 14.4. The van der Waals surface area contributed by atoms with Crippen LogP contribution in [0.15, 0.2) is 24.3 Å². The summed E-state index contributed by atoms with van der Waals surface area (Å²) in [5.41, 5.74) is 6.27. The summed E-state index contributed by atoms with van der Waals surface area (Å²) in [5, 5.41) is 8.59. The number of urea groups is 1. The predicted octanol–water partition coefficient (Wildman–Crippen LogP) is 1.65. The highest BCUT2D eigenvalue weighted by atomic mass is 16.2. The number of amides is 3. The maximum Gasteiger partial charge on any atom is 0.316 e. The van der Waals surface area contributed by atoms with Crippen LogP contribution in [0, 0.1) is 0 Å². The van der Waals surface area contributed by atoms with Gasteiger partial charge in [0.25, 0.3) is 0 Å². The molecular formula is C14H20N4O2. The summed E-state index contributed by atoms with van der Waals surface area (Å²) in [4.78, 5) is 23.0. The summed E-state index contributed by atoms with van der Waals surface area (Å²) in [6.45, 7) is 0.876. The Morgan fingerprint density at radius 1 is 1.15 bits per heavy atom. The van der Waals surface area contributed by atoms with Crippen LogP contribution in [0.3, 0.4) is 0 Å².